The topological polar surface area (TPSA) is 110 Å². The van der Waals surface area contributed by atoms with Crippen molar-refractivity contribution in [3.8, 4) is 11.3 Å². The first-order valence-electron chi connectivity index (χ1n) is 14.5. The number of hydroxylamine groups is 2. The van der Waals surface area contributed by atoms with Crippen molar-refractivity contribution in [1.29, 1.82) is 0 Å². The normalized spacial score (nSPS) is 22.0. The fourth-order valence-electron chi connectivity index (χ4n) is 6.42. The Kier molecular flexibility index (Phi) is 7.06. The second-order valence-corrected chi connectivity index (χ2v) is 13.8. The van der Waals surface area contributed by atoms with Crippen molar-refractivity contribution in [3.05, 3.63) is 51.9 Å². The third kappa shape index (κ3) is 5.17. The van der Waals surface area contributed by atoms with E-state index in [9.17, 15) is 14.4 Å². The number of benzene rings is 1. The fourth-order valence-corrected chi connectivity index (χ4v) is 6.69. The lowest BCUT2D eigenvalue weighted by molar-refractivity contribution is -0.218. The molecule has 1 aromatic carbocycles. The predicted octanol–water partition coefficient (Wildman–Crippen LogP) is 4.75. The molecule has 3 aliphatic rings. The zero-order chi connectivity index (χ0) is 31.0. The van der Waals surface area contributed by atoms with E-state index in [1.807, 2.05) is 66.8 Å². The van der Waals surface area contributed by atoms with E-state index in [0.717, 1.165) is 33.3 Å². The number of aryl methyl sites for hydroxylation is 2. The Balaban J connectivity index is 1.31. The molecule has 2 aliphatic heterocycles. The molecule has 0 radical (unpaired) electrons. The molecule has 3 aromatic rings. The van der Waals surface area contributed by atoms with E-state index in [4.69, 9.17) is 21.2 Å². The van der Waals surface area contributed by atoms with Crippen LogP contribution in [0.15, 0.2) is 24.7 Å². The highest BCUT2D eigenvalue weighted by molar-refractivity contribution is 6.31. The van der Waals surface area contributed by atoms with Crippen molar-refractivity contribution >= 4 is 35.0 Å². The van der Waals surface area contributed by atoms with Gasteiger partial charge in [-0.2, -0.15) is 10.2 Å². The number of aromatic nitrogens is 3. The summed E-state index contributed by atoms with van der Waals surface area (Å²) in [7, 11) is 0. The lowest BCUT2D eigenvalue weighted by Gasteiger charge is -2.36. The van der Waals surface area contributed by atoms with E-state index in [0.29, 0.717) is 30.4 Å². The van der Waals surface area contributed by atoms with Gasteiger partial charge in [0.05, 0.1) is 49.3 Å². The standard InChI is InChI=1S/C31H37ClN6O5/c1-17-10-20(32)11-21(22(17)14-36-16-35(8-9-42-36)29(41)43-30(3,4)5)25-26-18(2)19(13-38(26)34-15-33-25)12-37-27(39)23-24(28(37)40)31(23,6)7/h10-11,13,15,23-24H,8-9,12,14,16H2,1-7H3. The smallest absolute Gasteiger partial charge is 0.411 e. The van der Waals surface area contributed by atoms with Gasteiger partial charge in [0, 0.05) is 16.8 Å². The zero-order valence-corrected chi connectivity index (χ0v) is 26.4. The fraction of sp³-hybridized carbons (Fsp3) is 0.516. The number of carbonyl (C=O) groups excluding carboxylic acids is 3. The number of piperidine rings is 1. The monoisotopic (exact) mass is 608 g/mol. The minimum Gasteiger partial charge on any atom is -0.444 e. The van der Waals surface area contributed by atoms with Crippen LogP contribution >= 0.6 is 11.6 Å². The summed E-state index contributed by atoms with van der Waals surface area (Å²) in [6, 6.07) is 3.76. The first-order valence-corrected chi connectivity index (χ1v) is 14.9. The molecule has 3 fully saturated rings. The summed E-state index contributed by atoms with van der Waals surface area (Å²) in [5.41, 5.74) is 4.97. The highest BCUT2D eigenvalue weighted by Gasteiger charge is 2.72. The number of carbonyl (C=O) groups is 3. The van der Waals surface area contributed by atoms with E-state index in [-0.39, 0.29) is 42.3 Å². The number of ether oxygens (including phenoxy) is 1. The van der Waals surface area contributed by atoms with Gasteiger partial charge in [-0.25, -0.2) is 14.3 Å². The highest BCUT2D eigenvalue weighted by atomic mass is 35.5. The molecular weight excluding hydrogens is 572 g/mol. The van der Waals surface area contributed by atoms with Gasteiger partial charge in [-0.15, -0.1) is 0 Å². The van der Waals surface area contributed by atoms with Gasteiger partial charge in [0.2, 0.25) is 11.8 Å². The summed E-state index contributed by atoms with van der Waals surface area (Å²) in [6.45, 7) is 15.0. The number of nitrogens with zero attached hydrogens (tertiary/aromatic N) is 6. The van der Waals surface area contributed by atoms with Crippen LogP contribution in [0.2, 0.25) is 5.02 Å². The van der Waals surface area contributed by atoms with E-state index in [1.54, 1.807) is 14.5 Å². The molecule has 3 amide bonds. The van der Waals surface area contributed by atoms with Gasteiger partial charge >= 0.3 is 6.09 Å². The van der Waals surface area contributed by atoms with Gasteiger partial charge < -0.3 is 4.74 Å². The quantitative estimate of drug-likeness (QED) is 0.382. The molecule has 2 unspecified atom stereocenters. The van der Waals surface area contributed by atoms with E-state index in [2.05, 4.69) is 10.1 Å². The number of hydrogen-bond donors (Lipinski definition) is 0. The number of imide groups is 1. The van der Waals surface area contributed by atoms with Gasteiger partial charge in [-0.05, 0) is 74.4 Å². The molecule has 2 aromatic heterocycles. The largest absolute Gasteiger partial charge is 0.444 e. The molecule has 0 N–H and O–H groups in total. The van der Waals surface area contributed by atoms with Crippen LogP contribution in [0, 0.1) is 31.1 Å². The Morgan fingerprint density at radius 3 is 2.51 bits per heavy atom. The number of hydrogen-bond acceptors (Lipinski definition) is 8. The van der Waals surface area contributed by atoms with Crippen LogP contribution in [0.25, 0.3) is 16.8 Å². The summed E-state index contributed by atoms with van der Waals surface area (Å²) in [5, 5.41) is 6.74. The molecule has 1 saturated carbocycles. The molecule has 0 bridgehead atoms. The summed E-state index contributed by atoms with van der Waals surface area (Å²) in [4.78, 5) is 52.5. The van der Waals surface area contributed by atoms with Gasteiger partial charge in [-0.3, -0.25) is 24.2 Å². The molecule has 1 aliphatic carbocycles. The molecule has 11 nitrogen and oxygen atoms in total. The maximum absolute atomic E-state index is 13.0. The SMILES string of the molecule is Cc1cc(Cl)cc(-c2ncnn3cc(CN4C(=O)C5C(C4=O)C5(C)C)c(C)c23)c1CN1CN(C(=O)OC(C)(C)C)CCO1. The second-order valence-electron chi connectivity index (χ2n) is 13.3. The van der Waals surface area contributed by atoms with Crippen molar-refractivity contribution in [2.45, 2.75) is 67.2 Å². The van der Waals surface area contributed by atoms with Crippen molar-refractivity contribution < 1.29 is 24.0 Å². The Labute approximate surface area is 255 Å². The van der Waals surface area contributed by atoms with E-state index in [1.165, 1.54) is 11.2 Å². The van der Waals surface area contributed by atoms with Crippen LogP contribution in [0.1, 0.15) is 56.9 Å². The molecule has 0 spiro atoms. The van der Waals surface area contributed by atoms with Crippen molar-refractivity contribution in [2.24, 2.45) is 17.3 Å². The Morgan fingerprint density at radius 1 is 1.14 bits per heavy atom. The summed E-state index contributed by atoms with van der Waals surface area (Å²) in [5.74, 6) is -0.660. The Hall–Kier alpha value is -3.54. The zero-order valence-electron chi connectivity index (χ0n) is 25.6. The number of likely N-dealkylation sites (tertiary alicyclic amines) is 1. The number of halogens is 1. The summed E-state index contributed by atoms with van der Waals surface area (Å²) < 4.78 is 7.31. The van der Waals surface area contributed by atoms with Crippen LogP contribution in [0.3, 0.4) is 0 Å². The van der Waals surface area contributed by atoms with E-state index < -0.39 is 11.7 Å². The lowest BCUT2D eigenvalue weighted by Crippen LogP contribution is -2.49. The van der Waals surface area contributed by atoms with Crippen LogP contribution in [-0.2, 0) is 32.3 Å². The third-order valence-corrected chi connectivity index (χ3v) is 9.01. The molecule has 2 saturated heterocycles. The second kappa shape index (κ2) is 10.3. The van der Waals surface area contributed by atoms with Crippen LogP contribution in [-0.4, -0.2) is 72.8 Å². The predicted molar refractivity (Wildman–Crippen MR) is 159 cm³/mol. The number of rotatable bonds is 5. The summed E-state index contributed by atoms with van der Waals surface area (Å²) >= 11 is 6.58. The third-order valence-electron chi connectivity index (χ3n) is 8.79. The number of amides is 3. The van der Waals surface area contributed by atoms with Gasteiger partial charge in [-0.1, -0.05) is 25.4 Å². The van der Waals surface area contributed by atoms with Crippen molar-refractivity contribution in [1.82, 2.24) is 29.5 Å². The maximum atomic E-state index is 13.0. The van der Waals surface area contributed by atoms with Gasteiger partial charge in [0.1, 0.15) is 18.6 Å². The first kappa shape index (κ1) is 29.5. The molecule has 6 rings (SSSR count). The molecule has 2 atom stereocenters. The highest BCUT2D eigenvalue weighted by Crippen LogP contribution is 2.63. The molecule has 4 heterocycles. The summed E-state index contributed by atoms with van der Waals surface area (Å²) in [6.07, 6.45) is 2.95. The van der Waals surface area contributed by atoms with Crippen molar-refractivity contribution in [3.63, 3.8) is 0 Å². The van der Waals surface area contributed by atoms with Crippen LogP contribution in [0.4, 0.5) is 4.79 Å². The van der Waals surface area contributed by atoms with Crippen LogP contribution < -0.4 is 0 Å². The minimum absolute atomic E-state index is 0.101. The first-order chi connectivity index (χ1) is 20.2. The molecule has 43 heavy (non-hydrogen) atoms. The van der Waals surface area contributed by atoms with Crippen molar-refractivity contribution in [2.75, 3.05) is 19.8 Å². The Morgan fingerprint density at radius 2 is 1.84 bits per heavy atom. The molecule has 12 heteroatoms. The number of fused-ring (bicyclic) bond motifs is 2. The van der Waals surface area contributed by atoms with Gasteiger partial charge in [0.25, 0.3) is 0 Å². The minimum atomic E-state index is -0.598. The molecule has 228 valence electrons. The lowest BCUT2D eigenvalue weighted by atomic mass is 9.97. The van der Waals surface area contributed by atoms with Gasteiger partial charge in [0.15, 0.2) is 0 Å². The molecular formula is C31H37ClN6O5. The average molecular weight is 609 g/mol. The van der Waals surface area contributed by atoms with Crippen LogP contribution in [0.5, 0.6) is 0 Å². The Bertz CT molecular complexity index is 1640. The average Bonchev–Trinajstić information content (AvgIpc) is 3.20. The van der Waals surface area contributed by atoms with E-state index >= 15 is 0 Å². The maximum Gasteiger partial charge on any atom is 0.411 e.